The van der Waals surface area contributed by atoms with Crippen molar-refractivity contribution in [1.82, 2.24) is 15.1 Å². The molecule has 1 unspecified atom stereocenters. The van der Waals surface area contributed by atoms with Crippen molar-refractivity contribution in [2.75, 3.05) is 37.7 Å². The Hall–Kier alpha value is -2.42. The SMILES string of the molecule is CC(=O)N1CCN(C(=O)c2ccc(C(=O)NC3CCS(=O)(=O)C3)cc2)CC1. The van der Waals surface area contributed by atoms with Gasteiger partial charge in [0.1, 0.15) is 0 Å². The highest BCUT2D eigenvalue weighted by Gasteiger charge is 2.29. The van der Waals surface area contributed by atoms with E-state index < -0.39 is 9.84 Å². The summed E-state index contributed by atoms with van der Waals surface area (Å²) in [6.45, 7) is 3.52. The van der Waals surface area contributed by atoms with Crippen LogP contribution in [0.3, 0.4) is 0 Å². The molecule has 1 atom stereocenters. The summed E-state index contributed by atoms with van der Waals surface area (Å²) in [5, 5.41) is 2.73. The third kappa shape index (κ3) is 4.65. The second-order valence-corrected chi connectivity index (χ2v) is 9.18. The molecule has 27 heavy (non-hydrogen) atoms. The number of hydrogen-bond acceptors (Lipinski definition) is 5. The lowest BCUT2D eigenvalue weighted by molar-refractivity contribution is -0.130. The first-order chi connectivity index (χ1) is 12.7. The number of piperazine rings is 1. The fraction of sp³-hybridized carbons (Fsp3) is 0.500. The summed E-state index contributed by atoms with van der Waals surface area (Å²) in [5.41, 5.74) is 0.864. The number of amides is 3. The lowest BCUT2D eigenvalue weighted by Crippen LogP contribution is -2.50. The van der Waals surface area contributed by atoms with Crippen LogP contribution in [-0.2, 0) is 14.6 Å². The van der Waals surface area contributed by atoms with Gasteiger partial charge in [-0.25, -0.2) is 8.42 Å². The molecule has 0 spiro atoms. The van der Waals surface area contributed by atoms with Gasteiger partial charge < -0.3 is 15.1 Å². The van der Waals surface area contributed by atoms with Crippen molar-refractivity contribution in [1.29, 1.82) is 0 Å². The van der Waals surface area contributed by atoms with Crippen LogP contribution in [0.5, 0.6) is 0 Å². The maximum Gasteiger partial charge on any atom is 0.253 e. The second-order valence-electron chi connectivity index (χ2n) is 6.95. The molecule has 9 heteroatoms. The smallest absolute Gasteiger partial charge is 0.253 e. The highest BCUT2D eigenvalue weighted by Crippen LogP contribution is 2.14. The van der Waals surface area contributed by atoms with Gasteiger partial charge in [-0.05, 0) is 30.7 Å². The Labute approximate surface area is 158 Å². The highest BCUT2D eigenvalue weighted by molar-refractivity contribution is 7.91. The fourth-order valence-electron chi connectivity index (χ4n) is 3.35. The first-order valence-electron chi connectivity index (χ1n) is 8.91. The number of nitrogens with one attached hydrogen (secondary N) is 1. The Bertz CT molecular complexity index is 842. The Kier molecular flexibility index (Phi) is 5.50. The minimum absolute atomic E-state index is 0.00697. The maximum atomic E-state index is 12.6. The van der Waals surface area contributed by atoms with E-state index in [2.05, 4.69) is 5.32 Å². The van der Waals surface area contributed by atoms with Crippen LogP contribution in [0.4, 0.5) is 0 Å². The van der Waals surface area contributed by atoms with E-state index in [-0.39, 0.29) is 35.3 Å². The molecular weight excluding hydrogens is 370 g/mol. The van der Waals surface area contributed by atoms with E-state index >= 15 is 0 Å². The quantitative estimate of drug-likeness (QED) is 0.773. The molecule has 0 bridgehead atoms. The zero-order chi connectivity index (χ0) is 19.6. The van der Waals surface area contributed by atoms with Gasteiger partial charge in [0.25, 0.3) is 11.8 Å². The van der Waals surface area contributed by atoms with Gasteiger partial charge in [0.05, 0.1) is 11.5 Å². The van der Waals surface area contributed by atoms with Crippen molar-refractivity contribution in [3.8, 4) is 0 Å². The Morgan fingerprint density at radius 3 is 2.04 bits per heavy atom. The molecule has 2 aliphatic heterocycles. The van der Waals surface area contributed by atoms with Crippen LogP contribution in [0.25, 0.3) is 0 Å². The standard InChI is InChI=1S/C18H23N3O5S/c1-13(22)20-7-9-21(10-8-20)18(24)15-4-2-14(3-5-15)17(23)19-16-6-11-27(25,26)12-16/h2-5,16H,6-12H2,1H3,(H,19,23). The number of carbonyl (C=O) groups is 3. The number of carbonyl (C=O) groups excluding carboxylic acids is 3. The van der Waals surface area contributed by atoms with Gasteiger partial charge in [0, 0.05) is 50.3 Å². The van der Waals surface area contributed by atoms with Crippen LogP contribution < -0.4 is 5.32 Å². The third-order valence-electron chi connectivity index (χ3n) is 4.97. The third-order valence-corrected chi connectivity index (χ3v) is 6.74. The first-order valence-corrected chi connectivity index (χ1v) is 10.7. The van der Waals surface area contributed by atoms with Gasteiger partial charge in [0.15, 0.2) is 9.84 Å². The molecule has 8 nitrogen and oxygen atoms in total. The molecule has 2 fully saturated rings. The minimum atomic E-state index is -3.05. The van der Waals surface area contributed by atoms with Gasteiger partial charge in [-0.2, -0.15) is 0 Å². The summed E-state index contributed by atoms with van der Waals surface area (Å²) in [6.07, 6.45) is 0.427. The van der Waals surface area contributed by atoms with Crippen molar-refractivity contribution < 1.29 is 22.8 Å². The number of nitrogens with zero attached hydrogens (tertiary/aromatic N) is 2. The van der Waals surface area contributed by atoms with Crippen LogP contribution in [-0.4, -0.2) is 79.7 Å². The van der Waals surface area contributed by atoms with E-state index in [1.165, 1.54) is 6.92 Å². The molecule has 1 aromatic rings. The zero-order valence-electron chi connectivity index (χ0n) is 15.2. The summed E-state index contributed by atoms with van der Waals surface area (Å²) >= 11 is 0. The molecule has 2 saturated heterocycles. The summed E-state index contributed by atoms with van der Waals surface area (Å²) in [4.78, 5) is 39.6. The largest absolute Gasteiger partial charge is 0.348 e. The van der Waals surface area contributed by atoms with E-state index in [0.717, 1.165) is 0 Å². The number of benzene rings is 1. The monoisotopic (exact) mass is 393 g/mol. The predicted octanol–water partition coefficient (Wildman–Crippen LogP) is -0.0922. The van der Waals surface area contributed by atoms with Crippen molar-refractivity contribution in [3.05, 3.63) is 35.4 Å². The lowest BCUT2D eigenvalue weighted by Gasteiger charge is -2.34. The molecule has 1 N–H and O–H groups in total. The summed E-state index contributed by atoms with van der Waals surface area (Å²) in [5.74, 6) is -0.394. The van der Waals surface area contributed by atoms with Crippen molar-refractivity contribution in [3.63, 3.8) is 0 Å². The molecule has 146 valence electrons. The van der Waals surface area contributed by atoms with Gasteiger partial charge in [-0.15, -0.1) is 0 Å². The molecule has 2 heterocycles. The Balaban J connectivity index is 1.57. The van der Waals surface area contributed by atoms with Crippen LogP contribution in [0.1, 0.15) is 34.1 Å². The second kappa shape index (κ2) is 7.67. The van der Waals surface area contributed by atoms with Gasteiger partial charge in [-0.1, -0.05) is 0 Å². The van der Waals surface area contributed by atoms with Crippen molar-refractivity contribution in [2.45, 2.75) is 19.4 Å². The van der Waals surface area contributed by atoms with E-state index in [9.17, 15) is 22.8 Å². The minimum Gasteiger partial charge on any atom is -0.348 e. The topological polar surface area (TPSA) is 104 Å². The fourth-order valence-corrected chi connectivity index (χ4v) is 5.02. The van der Waals surface area contributed by atoms with Crippen LogP contribution >= 0.6 is 0 Å². The molecule has 0 aliphatic carbocycles. The van der Waals surface area contributed by atoms with E-state index in [1.54, 1.807) is 34.1 Å². The molecule has 1 aromatic carbocycles. The summed E-state index contributed by atoms with van der Waals surface area (Å²) in [6, 6.07) is 5.97. The molecule has 0 aromatic heterocycles. The average Bonchev–Trinajstić information content (AvgIpc) is 2.99. The van der Waals surface area contributed by atoms with E-state index in [1.807, 2.05) is 0 Å². The highest BCUT2D eigenvalue weighted by atomic mass is 32.2. The molecule has 0 saturated carbocycles. The number of rotatable bonds is 3. The van der Waals surface area contributed by atoms with Gasteiger partial charge in [0.2, 0.25) is 5.91 Å². The Morgan fingerprint density at radius 2 is 1.52 bits per heavy atom. The zero-order valence-corrected chi connectivity index (χ0v) is 16.0. The molecule has 3 rings (SSSR count). The summed E-state index contributed by atoms with van der Waals surface area (Å²) in [7, 11) is -3.05. The van der Waals surface area contributed by atoms with Crippen LogP contribution in [0.2, 0.25) is 0 Å². The van der Waals surface area contributed by atoms with Crippen LogP contribution in [0, 0.1) is 0 Å². The number of hydrogen-bond donors (Lipinski definition) is 1. The average molecular weight is 393 g/mol. The predicted molar refractivity (Wildman–Crippen MR) is 99.1 cm³/mol. The van der Waals surface area contributed by atoms with Gasteiger partial charge >= 0.3 is 0 Å². The van der Waals surface area contributed by atoms with E-state index in [0.29, 0.717) is 43.7 Å². The van der Waals surface area contributed by atoms with Crippen LogP contribution in [0.15, 0.2) is 24.3 Å². The maximum absolute atomic E-state index is 12.6. The molecule has 2 aliphatic rings. The summed E-state index contributed by atoms with van der Waals surface area (Å²) < 4.78 is 22.9. The lowest BCUT2D eigenvalue weighted by atomic mass is 10.1. The van der Waals surface area contributed by atoms with Gasteiger partial charge in [-0.3, -0.25) is 14.4 Å². The van der Waals surface area contributed by atoms with Crippen molar-refractivity contribution in [2.24, 2.45) is 0 Å². The van der Waals surface area contributed by atoms with Crippen molar-refractivity contribution >= 4 is 27.6 Å². The first kappa shape index (κ1) is 19.3. The normalized spacial score (nSPS) is 21.7. The number of sulfone groups is 1. The molecule has 0 radical (unpaired) electrons. The Morgan fingerprint density at radius 1 is 0.963 bits per heavy atom. The molecular formula is C18H23N3O5S. The molecule has 3 amide bonds. The van der Waals surface area contributed by atoms with E-state index in [4.69, 9.17) is 0 Å².